The second-order valence-electron chi connectivity index (χ2n) is 4.43. The molecule has 4 heteroatoms. The van der Waals surface area contributed by atoms with E-state index in [1.54, 1.807) is 6.07 Å². The number of hydrogen-bond donors (Lipinski definition) is 2. The van der Waals surface area contributed by atoms with E-state index >= 15 is 0 Å². The number of hydrogen-bond acceptors (Lipinski definition) is 2. The molecule has 0 aromatic heterocycles. The molecule has 1 amide bonds. The van der Waals surface area contributed by atoms with Gasteiger partial charge in [0.15, 0.2) is 0 Å². The molecule has 0 spiro atoms. The zero-order chi connectivity index (χ0) is 12.3. The van der Waals surface area contributed by atoms with Crippen LogP contribution in [0.15, 0.2) is 28.7 Å². The van der Waals surface area contributed by atoms with Crippen LogP contribution in [0.1, 0.15) is 29.6 Å². The van der Waals surface area contributed by atoms with Crippen molar-refractivity contribution >= 4 is 21.8 Å². The summed E-state index contributed by atoms with van der Waals surface area (Å²) in [6.07, 6.45) is 2.63. The van der Waals surface area contributed by atoms with Crippen LogP contribution in [0.5, 0.6) is 0 Å². The third-order valence-electron chi connectivity index (χ3n) is 3.01. The van der Waals surface area contributed by atoms with Crippen LogP contribution in [0.3, 0.4) is 0 Å². The maximum absolute atomic E-state index is 11.8. The molecule has 1 aromatic rings. The van der Waals surface area contributed by atoms with E-state index in [0.29, 0.717) is 24.4 Å². The highest BCUT2D eigenvalue weighted by atomic mass is 79.9. The van der Waals surface area contributed by atoms with Gasteiger partial charge >= 0.3 is 0 Å². The van der Waals surface area contributed by atoms with Gasteiger partial charge in [0.2, 0.25) is 0 Å². The van der Waals surface area contributed by atoms with Gasteiger partial charge < -0.3 is 10.4 Å². The van der Waals surface area contributed by atoms with Gasteiger partial charge in [-0.25, -0.2) is 0 Å². The van der Waals surface area contributed by atoms with Gasteiger partial charge in [-0.3, -0.25) is 4.79 Å². The van der Waals surface area contributed by atoms with Crippen LogP contribution in [0.4, 0.5) is 0 Å². The van der Waals surface area contributed by atoms with E-state index in [2.05, 4.69) is 21.2 Å². The Morgan fingerprint density at radius 1 is 1.47 bits per heavy atom. The Morgan fingerprint density at radius 3 is 2.82 bits per heavy atom. The fourth-order valence-corrected chi connectivity index (χ4v) is 2.26. The van der Waals surface area contributed by atoms with Crippen molar-refractivity contribution in [3.05, 3.63) is 34.3 Å². The minimum absolute atomic E-state index is 0.0968. The zero-order valence-electron chi connectivity index (χ0n) is 9.53. The molecule has 0 bridgehead atoms. The van der Waals surface area contributed by atoms with Crippen LogP contribution < -0.4 is 5.32 Å². The highest BCUT2D eigenvalue weighted by Gasteiger charge is 2.29. The van der Waals surface area contributed by atoms with Crippen LogP contribution in [0.25, 0.3) is 0 Å². The molecule has 2 rings (SSSR count). The van der Waals surface area contributed by atoms with Gasteiger partial charge in [-0.05, 0) is 53.2 Å². The third kappa shape index (κ3) is 3.54. The molecule has 3 nitrogen and oxygen atoms in total. The number of aliphatic hydroxyl groups excluding tert-OH is 1. The normalized spacial score (nSPS) is 16.6. The molecule has 17 heavy (non-hydrogen) atoms. The van der Waals surface area contributed by atoms with Gasteiger partial charge in [0, 0.05) is 11.0 Å². The summed E-state index contributed by atoms with van der Waals surface area (Å²) < 4.78 is 0.792. The number of carbonyl (C=O) groups is 1. The predicted molar refractivity (Wildman–Crippen MR) is 69.8 cm³/mol. The van der Waals surface area contributed by atoms with Crippen molar-refractivity contribution in [2.75, 3.05) is 6.54 Å². The fourth-order valence-electron chi connectivity index (χ4n) is 1.79. The number of nitrogens with one attached hydrogen (secondary N) is 1. The third-order valence-corrected chi connectivity index (χ3v) is 3.70. The monoisotopic (exact) mass is 297 g/mol. The molecule has 0 saturated heterocycles. The Labute approximate surface area is 109 Å². The van der Waals surface area contributed by atoms with E-state index < -0.39 is 0 Å². The molecule has 1 unspecified atom stereocenters. The van der Waals surface area contributed by atoms with Crippen LogP contribution in [-0.4, -0.2) is 23.7 Å². The molecule has 92 valence electrons. The lowest BCUT2D eigenvalue weighted by atomic mass is 10.1. The molecule has 1 aliphatic carbocycles. The largest absolute Gasteiger partial charge is 0.393 e. The van der Waals surface area contributed by atoms with Crippen molar-refractivity contribution in [3.63, 3.8) is 0 Å². The van der Waals surface area contributed by atoms with Gasteiger partial charge in [0.1, 0.15) is 0 Å². The van der Waals surface area contributed by atoms with Gasteiger partial charge in [0.05, 0.1) is 11.7 Å². The molecule has 1 atom stereocenters. The Balaban J connectivity index is 1.79. The molecule has 1 fully saturated rings. The maximum Gasteiger partial charge on any atom is 0.252 e. The van der Waals surface area contributed by atoms with Gasteiger partial charge in [-0.1, -0.05) is 12.1 Å². The quantitative estimate of drug-likeness (QED) is 0.876. The van der Waals surface area contributed by atoms with Gasteiger partial charge in [-0.15, -0.1) is 0 Å². The van der Waals surface area contributed by atoms with Crippen LogP contribution in [0.2, 0.25) is 0 Å². The zero-order valence-corrected chi connectivity index (χ0v) is 11.1. The highest BCUT2D eigenvalue weighted by Crippen LogP contribution is 2.33. The summed E-state index contributed by atoms with van der Waals surface area (Å²) in [7, 11) is 0. The molecule has 2 N–H and O–H groups in total. The van der Waals surface area contributed by atoms with Crippen molar-refractivity contribution in [2.45, 2.75) is 25.4 Å². The van der Waals surface area contributed by atoms with E-state index in [0.717, 1.165) is 17.3 Å². The first-order chi connectivity index (χ1) is 8.18. The minimum atomic E-state index is -0.255. The number of aliphatic hydroxyl groups is 1. The van der Waals surface area contributed by atoms with E-state index in [4.69, 9.17) is 0 Å². The Hall–Kier alpha value is -0.870. The summed E-state index contributed by atoms with van der Waals surface area (Å²) in [5.74, 6) is 0.371. The number of halogens is 1. The van der Waals surface area contributed by atoms with E-state index in [9.17, 15) is 9.90 Å². The molecule has 1 saturated carbocycles. The summed E-state index contributed by atoms with van der Waals surface area (Å²) >= 11 is 3.34. The first-order valence-corrected chi connectivity index (χ1v) is 6.68. The molecular weight excluding hydrogens is 282 g/mol. The van der Waals surface area contributed by atoms with Crippen LogP contribution >= 0.6 is 15.9 Å². The lowest BCUT2D eigenvalue weighted by Gasteiger charge is -2.10. The standard InChI is InChI=1S/C13H16BrNO2/c14-11-4-2-1-3-10(11)13(17)15-8-7-12(16)9-5-6-9/h1-4,9,12,16H,5-8H2,(H,15,17). The summed E-state index contributed by atoms with van der Waals surface area (Å²) in [6, 6.07) is 7.32. The Kier molecular flexibility index (Phi) is 4.18. The van der Waals surface area contributed by atoms with E-state index in [1.807, 2.05) is 18.2 Å². The molecule has 0 radical (unpaired) electrons. The summed E-state index contributed by atoms with van der Waals surface area (Å²) in [4.78, 5) is 11.8. The van der Waals surface area contributed by atoms with Crippen LogP contribution in [-0.2, 0) is 0 Å². The minimum Gasteiger partial charge on any atom is -0.393 e. The van der Waals surface area contributed by atoms with Gasteiger partial charge in [0.25, 0.3) is 5.91 Å². The molecular formula is C13H16BrNO2. The van der Waals surface area contributed by atoms with Crippen molar-refractivity contribution in [1.82, 2.24) is 5.32 Å². The highest BCUT2D eigenvalue weighted by molar-refractivity contribution is 9.10. The number of rotatable bonds is 5. The van der Waals surface area contributed by atoms with Gasteiger partial charge in [-0.2, -0.15) is 0 Å². The molecule has 1 aromatic carbocycles. The topological polar surface area (TPSA) is 49.3 Å². The van der Waals surface area contributed by atoms with Crippen molar-refractivity contribution in [3.8, 4) is 0 Å². The summed E-state index contributed by atoms with van der Waals surface area (Å²) in [5, 5.41) is 12.5. The van der Waals surface area contributed by atoms with Crippen LogP contribution in [0, 0.1) is 5.92 Å². The average molecular weight is 298 g/mol. The second-order valence-corrected chi connectivity index (χ2v) is 5.28. The first kappa shape index (κ1) is 12.6. The summed E-state index contributed by atoms with van der Waals surface area (Å²) in [6.45, 7) is 0.526. The fraction of sp³-hybridized carbons (Fsp3) is 0.462. The SMILES string of the molecule is O=C(NCCC(O)C1CC1)c1ccccc1Br. The summed E-state index contributed by atoms with van der Waals surface area (Å²) in [5.41, 5.74) is 0.633. The molecule has 0 heterocycles. The first-order valence-electron chi connectivity index (χ1n) is 5.89. The number of benzene rings is 1. The van der Waals surface area contributed by atoms with Crippen molar-refractivity contribution in [2.24, 2.45) is 5.92 Å². The van der Waals surface area contributed by atoms with E-state index in [1.165, 1.54) is 0 Å². The Morgan fingerprint density at radius 2 is 2.18 bits per heavy atom. The second kappa shape index (κ2) is 5.65. The van der Waals surface area contributed by atoms with Crippen molar-refractivity contribution < 1.29 is 9.90 Å². The maximum atomic E-state index is 11.8. The molecule has 0 aliphatic heterocycles. The number of amides is 1. The predicted octanol–water partition coefficient (Wildman–Crippen LogP) is 2.34. The molecule has 1 aliphatic rings. The average Bonchev–Trinajstić information content (AvgIpc) is 3.13. The smallest absolute Gasteiger partial charge is 0.252 e. The Bertz CT molecular complexity index is 404. The van der Waals surface area contributed by atoms with Crippen molar-refractivity contribution in [1.29, 1.82) is 0 Å². The van der Waals surface area contributed by atoms with E-state index in [-0.39, 0.29) is 12.0 Å². The lowest BCUT2D eigenvalue weighted by molar-refractivity contribution is 0.0936. The lowest BCUT2D eigenvalue weighted by Crippen LogP contribution is -2.27. The number of carbonyl (C=O) groups excluding carboxylic acids is 1.